The average Bonchev–Trinajstić information content (AvgIpc) is 2.80. The van der Waals surface area contributed by atoms with Crippen molar-refractivity contribution >= 4 is 11.9 Å². The molecule has 1 unspecified atom stereocenters. The number of benzene rings is 1. The number of ether oxygens (including phenoxy) is 1. The van der Waals surface area contributed by atoms with Crippen LogP contribution in [0.3, 0.4) is 0 Å². The third kappa shape index (κ3) is 4.61. The number of hydrogen-bond donors (Lipinski definition) is 1. The lowest BCUT2D eigenvalue weighted by molar-refractivity contribution is -0.153. The fourth-order valence-corrected chi connectivity index (χ4v) is 2.38. The molecule has 126 valence electrons. The number of carboxylic acids is 1. The van der Waals surface area contributed by atoms with Crippen molar-refractivity contribution < 1.29 is 32.6 Å². The number of aryl methyl sites for hydroxylation is 1. The Labute approximate surface area is 130 Å². The second kappa shape index (κ2) is 6.47. The van der Waals surface area contributed by atoms with E-state index in [1.165, 1.54) is 11.0 Å². The monoisotopic (exact) mass is 331 g/mol. The van der Waals surface area contributed by atoms with Gasteiger partial charge in [-0.05, 0) is 18.6 Å². The van der Waals surface area contributed by atoms with E-state index in [-0.39, 0.29) is 31.2 Å². The van der Waals surface area contributed by atoms with Gasteiger partial charge < -0.3 is 14.7 Å². The van der Waals surface area contributed by atoms with Crippen LogP contribution in [-0.4, -0.2) is 41.2 Å². The van der Waals surface area contributed by atoms with Crippen molar-refractivity contribution in [2.75, 3.05) is 13.2 Å². The third-order valence-corrected chi connectivity index (χ3v) is 3.54. The van der Waals surface area contributed by atoms with Gasteiger partial charge in [-0.1, -0.05) is 12.1 Å². The zero-order valence-electron chi connectivity index (χ0n) is 12.4. The Balaban J connectivity index is 2.13. The number of alkyl halides is 3. The van der Waals surface area contributed by atoms with Crippen LogP contribution >= 0.6 is 0 Å². The Bertz CT molecular complexity index is 615. The summed E-state index contributed by atoms with van der Waals surface area (Å²) in [5.74, 6) is -2.13. The van der Waals surface area contributed by atoms with E-state index in [2.05, 4.69) is 0 Å². The van der Waals surface area contributed by atoms with Crippen LogP contribution in [-0.2, 0) is 16.1 Å². The molecule has 1 fully saturated rings. The minimum absolute atomic E-state index is 0.0239. The van der Waals surface area contributed by atoms with Gasteiger partial charge in [-0.25, -0.2) is 0 Å². The molecule has 1 heterocycles. The molecule has 1 N–H and O–H groups in total. The van der Waals surface area contributed by atoms with Gasteiger partial charge in [0.25, 0.3) is 0 Å². The molecule has 0 aromatic heterocycles. The summed E-state index contributed by atoms with van der Waals surface area (Å²) in [4.78, 5) is 24.1. The van der Waals surface area contributed by atoms with Crippen LogP contribution in [0.5, 0.6) is 5.75 Å². The minimum atomic E-state index is -4.46. The van der Waals surface area contributed by atoms with Crippen molar-refractivity contribution in [3.63, 3.8) is 0 Å². The van der Waals surface area contributed by atoms with Gasteiger partial charge >= 0.3 is 12.1 Å². The zero-order valence-corrected chi connectivity index (χ0v) is 12.4. The number of rotatable bonds is 5. The van der Waals surface area contributed by atoms with Gasteiger partial charge in [0.15, 0.2) is 6.61 Å². The third-order valence-electron chi connectivity index (χ3n) is 3.54. The van der Waals surface area contributed by atoms with Gasteiger partial charge in [-0.3, -0.25) is 9.59 Å². The minimum Gasteiger partial charge on any atom is -0.484 e. The van der Waals surface area contributed by atoms with Crippen LogP contribution in [0, 0.1) is 12.8 Å². The van der Waals surface area contributed by atoms with Gasteiger partial charge in [0.2, 0.25) is 5.91 Å². The van der Waals surface area contributed by atoms with E-state index in [0.717, 1.165) is 5.56 Å². The molecule has 2 rings (SSSR count). The summed E-state index contributed by atoms with van der Waals surface area (Å²) in [6.07, 6.45) is -4.56. The highest BCUT2D eigenvalue weighted by Crippen LogP contribution is 2.27. The topological polar surface area (TPSA) is 66.8 Å². The van der Waals surface area contributed by atoms with E-state index in [1.54, 1.807) is 19.1 Å². The molecule has 0 spiro atoms. The summed E-state index contributed by atoms with van der Waals surface area (Å²) in [7, 11) is 0. The predicted octanol–water partition coefficient (Wildman–Crippen LogP) is 2.37. The number of amides is 1. The molecular formula is C15H16F3NO4. The number of carbonyl (C=O) groups is 2. The number of carbonyl (C=O) groups excluding carboxylic acids is 1. The summed E-state index contributed by atoms with van der Waals surface area (Å²) in [6, 6.07) is 4.75. The molecule has 1 saturated heterocycles. The smallest absolute Gasteiger partial charge is 0.422 e. The second-order valence-corrected chi connectivity index (χ2v) is 5.53. The van der Waals surface area contributed by atoms with E-state index in [0.29, 0.717) is 5.56 Å². The second-order valence-electron chi connectivity index (χ2n) is 5.53. The van der Waals surface area contributed by atoms with Crippen LogP contribution in [0.4, 0.5) is 13.2 Å². The highest BCUT2D eigenvalue weighted by molar-refractivity contribution is 5.86. The first-order chi connectivity index (χ1) is 10.7. The fourth-order valence-electron chi connectivity index (χ4n) is 2.38. The van der Waals surface area contributed by atoms with Gasteiger partial charge in [-0.15, -0.1) is 0 Å². The van der Waals surface area contributed by atoms with Crippen molar-refractivity contribution in [1.82, 2.24) is 4.90 Å². The number of hydrogen-bond acceptors (Lipinski definition) is 3. The summed E-state index contributed by atoms with van der Waals surface area (Å²) in [6.45, 7) is 0.359. The Kier molecular flexibility index (Phi) is 4.82. The maximum atomic E-state index is 12.3. The summed E-state index contributed by atoms with van der Waals surface area (Å²) in [5, 5.41) is 8.95. The normalized spacial score (nSPS) is 18.3. The maximum Gasteiger partial charge on any atom is 0.422 e. The van der Waals surface area contributed by atoms with Gasteiger partial charge in [0.1, 0.15) is 5.75 Å². The molecule has 0 aliphatic carbocycles. The molecule has 23 heavy (non-hydrogen) atoms. The fraction of sp³-hybridized carbons (Fsp3) is 0.467. The van der Waals surface area contributed by atoms with Gasteiger partial charge in [0.05, 0.1) is 5.92 Å². The first-order valence-electron chi connectivity index (χ1n) is 6.95. The van der Waals surface area contributed by atoms with Crippen LogP contribution in [0.25, 0.3) is 0 Å². The molecule has 1 aromatic carbocycles. The molecule has 5 nitrogen and oxygen atoms in total. The SMILES string of the molecule is Cc1ccc(CN2CC(C(=O)O)CC2=O)c(OCC(F)(F)F)c1. The van der Waals surface area contributed by atoms with Crippen LogP contribution < -0.4 is 4.74 Å². The molecular weight excluding hydrogens is 315 g/mol. The Morgan fingerprint density at radius 1 is 1.43 bits per heavy atom. The first kappa shape index (κ1) is 17.1. The Morgan fingerprint density at radius 2 is 2.13 bits per heavy atom. The summed E-state index contributed by atoms with van der Waals surface area (Å²) in [5.41, 5.74) is 1.14. The largest absolute Gasteiger partial charge is 0.484 e. The molecule has 1 aliphatic heterocycles. The summed E-state index contributed by atoms with van der Waals surface area (Å²) >= 11 is 0. The van der Waals surface area contributed by atoms with Crippen molar-refractivity contribution in [3.8, 4) is 5.75 Å². The number of halogens is 3. The number of nitrogens with zero attached hydrogens (tertiary/aromatic N) is 1. The van der Waals surface area contributed by atoms with Gasteiger partial charge in [0, 0.05) is 25.1 Å². The molecule has 0 saturated carbocycles. The first-order valence-corrected chi connectivity index (χ1v) is 6.95. The van der Waals surface area contributed by atoms with Crippen molar-refractivity contribution in [1.29, 1.82) is 0 Å². The zero-order chi connectivity index (χ0) is 17.2. The molecule has 1 aromatic rings. The van der Waals surface area contributed by atoms with Crippen molar-refractivity contribution in [2.24, 2.45) is 5.92 Å². The van der Waals surface area contributed by atoms with Crippen LogP contribution in [0.2, 0.25) is 0 Å². The Hall–Kier alpha value is -2.25. The van der Waals surface area contributed by atoms with Crippen LogP contribution in [0.1, 0.15) is 17.5 Å². The van der Waals surface area contributed by atoms with Crippen molar-refractivity contribution in [3.05, 3.63) is 29.3 Å². The molecule has 1 amide bonds. The molecule has 0 radical (unpaired) electrons. The highest BCUT2D eigenvalue weighted by atomic mass is 19.4. The Morgan fingerprint density at radius 3 is 2.70 bits per heavy atom. The molecule has 1 atom stereocenters. The maximum absolute atomic E-state index is 12.3. The van der Waals surface area contributed by atoms with Gasteiger partial charge in [-0.2, -0.15) is 13.2 Å². The lowest BCUT2D eigenvalue weighted by Gasteiger charge is -2.19. The lowest BCUT2D eigenvalue weighted by Crippen LogP contribution is -2.26. The quantitative estimate of drug-likeness (QED) is 0.899. The number of likely N-dealkylation sites (tertiary alicyclic amines) is 1. The van der Waals surface area contributed by atoms with E-state index in [9.17, 15) is 22.8 Å². The van der Waals surface area contributed by atoms with Crippen LogP contribution in [0.15, 0.2) is 18.2 Å². The lowest BCUT2D eigenvalue weighted by atomic mass is 10.1. The van der Waals surface area contributed by atoms with E-state index >= 15 is 0 Å². The standard InChI is InChI=1S/C15H16F3NO4/c1-9-2-3-10(12(4-9)23-8-15(16,17)18)6-19-7-11(14(21)22)5-13(19)20/h2-4,11H,5-8H2,1H3,(H,21,22). The van der Waals surface area contributed by atoms with E-state index < -0.39 is 24.7 Å². The average molecular weight is 331 g/mol. The molecule has 1 aliphatic rings. The summed E-state index contributed by atoms with van der Waals surface area (Å²) < 4.78 is 41.8. The molecule has 0 bridgehead atoms. The van der Waals surface area contributed by atoms with Crippen molar-refractivity contribution in [2.45, 2.75) is 26.1 Å². The number of carboxylic acid groups (broad SMARTS) is 1. The predicted molar refractivity (Wildman–Crippen MR) is 73.9 cm³/mol. The molecule has 8 heteroatoms. The number of aliphatic carboxylic acids is 1. The highest BCUT2D eigenvalue weighted by Gasteiger charge is 2.35. The van der Waals surface area contributed by atoms with E-state index in [1.807, 2.05) is 0 Å². The van der Waals surface area contributed by atoms with E-state index in [4.69, 9.17) is 9.84 Å².